The van der Waals surface area contributed by atoms with Gasteiger partial charge in [-0.25, -0.2) is 0 Å². The molecule has 28 heavy (non-hydrogen) atoms. The summed E-state index contributed by atoms with van der Waals surface area (Å²) >= 11 is 1.32. The van der Waals surface area contributed by atoms with E-state index in [-0.39, 0.29) is 11.7 Å². The molecule has 0 fully saturated rings. The van der Waals surface area contributed by atoms with Crippen LogP contribution in [0.1, 0.15) is 16.7 Å². The topological polar surface area (TPSA) is 75.9 Å². The van der Waals surface area contributed by atoms with E-state index in [4.69, 9.17) is 0 Å². The first-order valence-corrected chi connectivity index (χ1v) is 9.95. The molecule has 0 aliphatic rings. The van der Waals surface area contributed by atoms with Crippen molar-refractivity contribution in [2.75, 3.05) is 24.7 Å². The minimum atomic E-state index is -0.0576. The lowest BCUT2D eigenvalue weighted by Gasteiger charge is -2.13. The second-order valence-corrected chi connectivity index (χ2v) is 7.68. The van der Waals surface area contributed by atoms with E-state index < -0.39 is 0 Å². The van der Waals surface area contributed by atoms with Crippen LogP contribution in [-0.4, -0.2) is 46.0 Å². The summed E-state index contributed by atoms with van der Waals surface area (Å²) in [4.78, 5) is 14.3. The Balaban J connectivity index is 1.58. The Hall–Kier alpha value is -2.87. The number of carbonyl (C=O) groups excluding carboxylic acids is 1. The van der Waals surface area contributed by atoms with Gasteiger partial charge in [-0.15, -0.1) is 5.10 Å². The molecule has 1 aromatic heterocycles. The van der Waals surface area contributed by atoms with Gasteiger partial charge in [0.05, 0.1) is 11.4 Å². The monoisotopic (exact) mass is 396 g/mol. The van der Waals surface area contributed by atoms with E-state index in [2.05, 4.69) is 20.8 Å². The van der Waals surface area contributed by atoms with Crippen LogP contribution < -0.4 is 10.2 Å². The third-order valence-corrected chi connectivity index (χ3v) is 5.29. The Morgan fingerprint density at radius 2 is 1.79 bits per heavy atom. The molecule has 0 aliphatic heterocycles. The van der Waals surface area contributed by atoms with Gasteiger partial charge in [0, 0.05) is 26.3 Å². The fourth-order valence-electron chi connectivity index (χ4n) is 2.84. The Kier molecular flexibility index (Phi) is 6.30. The second kappa shape index (κ2) is 8.88. The van der Waals surface area contributed by atoms with E-state index in [1.807, 2.05) is 75.3 Å². The minimum Gasteiger partial charge on any atom is -0.378 e. The number of rotatable bonds is 7. The number of tetrazole rings is 1. The summed E-state index contributed by atoms with van der Waals surface area (Å²) in [6.45, 7) is 4.54. The molecular weight excluding hydrogens is 372 g/mol. The van der Waals surface area contributed by atoms with Crippen LogP contribution in [0.3, 0.4) is 0 Å². The Morgan fingerprint density at radius 1 is 1.11 bits per heavy atom. The molecule has 0 atom stereocenters. The summed E-state index contributed by atoms with van der Waals surface area (Å²) in [7, 11) is 4.00. The highest BCUT2D eigenvalue weighted by Crippen LogP contribution is 2.23. The van der Waals surface area contributed by atoms with Gasteiger partial charge in [0.1, 0.15) is 0 Å². The Morgan fingerprint density at radius 3 is 2.43 bits per heavy atom. The molecule has 3 aromatic rings. The van der Waals surface area contributed by atoms with E-state index >= 15 is 0 Å². The van der Waals surface area contributed by atoms with Gasteiger partial charge >= 0.3 is 0 Å². The van der Waals surface area contributed by atoms with Crippen molar-refractivity contribution in [3.8, 4) is 5.69 Å². The van der Waals surface area contributed by atoms with E-state index in [9.17, 15) is 4.79 Å². The van der Waals surface area contributed by atoms with Crippen LogP contribution in [0.4, 0.5) is 5.69 Å². The minimum absolute atomic E-state index is 0.0576. The van der Waals surface area contributed by atoms with E-state index in [0.717, 1.165) is 28.1 Å². The van der Waals surface area contributed by atoms with Gasteiger partial charge in [-0.1, -0.05) is 42.1 Å². The molecule has 1 heterocycles. The first-order chi connectivity index (χ1) is 13.5. The van der Waals surface area contributed by atoms with Crippen molar-refractivity contribution in [1.29, 1.82) is 0 Å². The smallest absolute Gasteiger partial charge is 0.230 e. The van der Waals surface area contributed by atoms with Gasteiger partial charge in [0.2, 0.25) is 11.1 Å². The van der Waals surface area contributed by atoms with Crippen LogP contribution in [0.15, 0.2) is 47.6 Å². The maximum Gasteiger partial charge on any atom is 0.230 e. The quantitative estimate of drug-likeness (QED) is 0.619. The zero-order valence-corrected chi connectivity index (χ0v) is 17.3. The van der Waals surface area contributed by atoms with Gasteiger partial charge in [-0.2, -0.15) is 4.68 Å². The van der Waals surface area contributed by atoms with Crippen LogP contribution >= 0.6 is 11.8 Å². The number of anilines is 1. The maximum absolute atomic E-state index is 12.3. The molecule has 8 heteroatoms. The number of thioether (sulfide) groups is 1. The third kappa shape index (κ3) is 4.69. The molecule has 146 valence electrons. The fourth-order valence-corrected chi connectivity index (χ4v) is 3.55. The summed E-state index contributed by atoms with van der Waals surface area (Å²) in [6.07, 6.45) is 0. The van der Waals surface area contributed by atoms with Gasteiger partial charge < -0.3 is 10.2 Å². The highest BCUT2D eigenvalue weighted by molar-refractivity contribution is 7.99. The maximum atomic E-state index is 12.3. The number of para-hydroxylation sites is 1. The number of nitrogens with zero attached hydrogens (tertiary/aromatic N) is 5. The molecular formula is C20H24N6OS. The zero-order chi connectivity index (χ0) is 20.1. The lowest BCUT2D eigenvalue weighted by molar-refractivity contribution is -0.118. The number of amides is 1. The van der Waals surface area contributed by atoms with Crippen LogP contribution in [0, 0.1) is 13.8 Å². The van der Waals surface area contributed by atoms with Crippen LogP contribution in [0.2, 0.25) is 0 Å². The highest BCUT2D eigenvalue weighted by atomic mass is 32.2. The Bertz CT molecular complexity index is 931. The molecule has 0 spiro atoms. The highest BCUT2D eigenvalue weighted by Gasteiger charge is 2.14. The molecule has 0 saturated heterocycles. The second-order valence-electron chi connectivity index (χ2n) is 6.74. The van der Waals surface area contributed by atoms with Crippen molar-refractivity contribution >= 4 is 23.4 Å². The number of aryl methyl sites for hydroxylation is 2. The van der Waals surface area contributed by atoms with Crippen molar-refractivity contribution in [1.82, 2.24) is 25.5 Å². The van der Waals surface area contributed by atoms with E-state index in [1.54, 1.807) is 4.68 Å². The van der Waals surface area contributed by atoms with Gasteiger partial charge in [0.15, 0.2) is 0 Å². The van der Waals surface area contributed by atoms with Crippen LogP contribution in [-0.2, 0) is 11.3 Å². The largest absolute Gasteiger partial charge is 0.378 e. The summed E-state index contributed by atoms with van der Waals surface area (Å²) in [5.74, 6) is 0.193. The summed E-state index contributed by atoms with van der Waals surface area (Å²) in [5, 5.41) is 15.5. The molecule has 0 bridgehead atoms. The predicted molar refractivity (Wildman–Crippen MR) is 112 cm³/mol. The lowest BCUT2D eigenvalue weighted by Crippen LogP contribution is -2.24. The van der Waals surface area contributed by atoms with Gasteiger partial charge in [-0.05, 0) is 53.1 Å². The zero-order valence-electron chi connectivity index (χ0n) is 16.5. The molecule has 7 nitrogen and oxygen atoms in total. The first-order valence-electron chi connectivity index (χ1n) is 8.96. The number of nitrogens with one attached hydrogen (secondary N) is 1. The molecule has 0 saturated carbocycles. The molecule has 0 unspecified atom stereocenters. The summed E-state index contributed by atoms with van der Waals surface area (Å²) < 4.78 is 1.70. The Labute approximate surface area is 169 Å². The van der Waals surface area contributed by atoms with Crippen molar-refractivity contribution in [3.05, 3.63) is 59.2 Å². The third-order valence-electron chi connectivity index (χ3n) is 4.37. The number of aromatic nitrogens is 4. The summed E-state index contributed by atoms with van der Waals surface area (Å²) in [6, 6.07) is 14.2. The average Bonchev–Trinajstić information content (AvgIpc) is 3.13. The van der Waals surface area contributed by atoms with Crippen LogP contribution in [0.25, 0.3) is 5.69 Å². The molecule has 2 aromatic carbocycles. The number of hydrogen-bond acceptors (Lipinski definition) is 6. The molecule has 1 N–H and O–H groups in total. The fraction of sp³-hybridized carbons (Fsp3) is 0.300. The average molecular weight is 397 g/mol. The molecule has 3 rings (SSSR count). The van der Waals surface area contributed by atoms with Crippen molar-refractivity contribution in [2.24, 2.45) is 0 Å². The number of benzene rings is 2. The van der Waals surface area contributed by atoms with E-state index in [0.29, 0.717) is 11.7 Å². The number of hydrogen-bond donors (Lipinski definition) is 1. The normalized spacial score (nSPS) is 10.7. The van der Waals surface area contributed by atoms with Crippen LogP contribution in [0.5, 0.6) is 0 Å². The number of carbonyl (C=O) groups is 1. The van der Waals surface area contributed by atoms with E-state index in [1.165, 1.54) is 11.8 Å². The summed E-state index contributed by atoms with van der Waals surface area (Å²) in [5.41, 5.74) is 5.31. The molecule has 1 amide bonds. The van der Waals surface area contributed by atoms with Gasteiger partial charge in [0.25, 0.3) is 0 Å². The first kappa shape index (κ1) is 19.9. The predicted octanol–water partition coefficient (Wildman–Crippen LogP) is 2.75. The molecule has 0 radical (unpaired) electrons. The van der Waals surface area contributed by atoms with Crippen molar-refractivity contribution < 1.29 is 4.79 Å². The standard InChI is InChI=1S/C20H24N6OS/c1-14-6-5-7-15(2)19(14)26-20(22-23-24-26)28-13-18(27)21-12-16-8-10-17(11-9-16)25(3)4/h5-11H,12-13H2,1-4H3,(H,21,27). The van der Waals surface area contributed by atoms with Crippen molar-refractivity contribution in [3.63, 3.8) is 0 Å². The van der Waals surface area contributed by atoms with Gasteiger partial charge in [-0.3, -0.25) is 4.79 Å². The van der Waals surface area contributed by atoms with Crippen molar-refractivity contribution in [2.45, 2.75) is 25.5 Å². The molecule has 0 aliphatic carbocycles. The lowest BCUT2D eigenvalue weighted by atomic mass is 10.1. The SMILES string of the molecule is Cc1cccc(C)c1-n1nnnc1SCC(=O)NCc1ccc(N(C)C)cc1.